The SMILES string of the molecule is Cc1ccc(NC(=O)CSC2=C(C#N)[C@@H](c3cccc(Br)c3)CC(=O)N2)cc1Cl. The van der Waals surface area contributed by atoms with Gasteiger partial charge in [-0.15, -0.1) is 0 Å². The number of thioether (sulfide) groups is 1. The quantitative estimate of drug-likeness (QED) is 0.609. The minimum Gasteiger partial charge on any atom is -0.325 e. The summed E-state index contributed by atoms with van der Waals surface area (Å²) >= 11 is 10.6. The number of nitrogens with zero attached hydrogens (tertiary/aromatic N) is 1. The Morgan fingerprint density at radius 3 is 2.86 bits per heavy atom. The standard InChI is InChI=1S/C21H17BrClN3O2S/c1-12-5-6-15(8-18(12)23)25-20(28)11-29-21-17(10-24)16(9-19(27)26-21)13-3-2-4-14(22)7-13/h2-8,16H,9,11H2,1H3,(H,25,28)(H,26,27)/t16-/m1/s1. The number of halogens is 2. The molecule has 8 heteroatoms. The first-order valence-corrected chi connectivity index (χ1v) is 10.9. The predicted octanol–water partition coefficient (Wildman–Crippen LogP) is 5.12. The van der Waals surface area contributed by atoms with Crippen LogP contribution in [0, 0.1) is 18.3 Å². The summed E-state index contributed by atoms with van der Waals surface area (Å²) in [6.45, 7) is 1.88. The Morgan fingerprint density at radius 2 is 2.17 bits per heavy atom. The zero-order valence-corrected chi connectivity index (χ0v) is 18.6. The molecule has 1 aliphatic heterocycles. The monoisotopic (exact) mass is 489 g/mol. The highest BCUT2D eigenvalue weighted by Gasteiger charge is 2.30. The number of hydrogen-bond acceptors (Lipinski definition) is 4. The third kappa shape index (κ3) is 5.41. The maximum atomic E-state index is 12.3. The van der Waals surface area contributed by atoms with Crippen molar-refractivity contribution in [2.24, 2.45) is 0 Å². The Labute approximate surface area is 186 Å². The van der Waals surface area contributed by atoms with Crippen molar-refractivity contribution in [1.29, 1.82) is 5.26 Å². The van der Waals surface area contributed by atoms with E-state index in [1.165, 1.54) is 0 Å². The van der Waals surface area contributed by atoms with E-state index in [0.717, 1.165) is 27.4 Å². The molecule has 1 atom stereocenters. The molecule has 2 amide bonds. The van der Waals surface area contributed by atoms with Gasteiger partial charge in [0.25, 0.3) is 0 Å². The molecule has 29 heavy (non-hydrogen) atoms. The van der Waals surface area contributed by atoms with Crippen LogP contribution in [0.2, 0.25) is 5.02 Å². The summed E-state index contributed by atoms with van der Waals surface area (Å²) in [5.41, 5.74) is 2.85. The third-order valence-electron chi connectivity index (χ3n) is 4.41. The number of benzene rings is 2. The van der Waals surface area contributed by atoms with E-state index >= 15 is 0 Å². The lowest BCUT2D eigenvalue weighted by atomic mass is 9.87. The second-order valence-corrected chi connectivity index (χ2v) is 8.82. The summed E-state index contributed by atoms with van der Waals surface area (Å²) in [4.78, 5) is 24.5. The van der Waals surface area contributed by atoms with Crippen molar-refractivity contribution in [1.82, 2.24) is 5.32 Å². The molecule has 0 saturated heterocycles. The topological polar surface area (TPSA) is 82.0 Å². The van der Waals surface area contributed by atoms with Crippen LogP contribution >= 0.6 is 39.3 Å². The molecule has 0 radical (unpaired) electrons. The lowest BCUT2D eigenvalue weighted by Crippen LogP contribution is -2.31. The average molecular weight is 491 g/mol. The second-order valence-electron chi connectivity index (χ2n) is 6.52. The molecule has 0 aliphatic carbocycles. The highest BCUT2D eigenvalue weighted by Crippen LogP contribution is 2.36. The number of rotatable bonds is 5. The van der Waals surface area contributed by atoms with Gasteiger partial charge in [-0.2, -0.15) is 5.26 Å². The van der Waals surface area contributed by atoms with Crippen LogP contribution in [0.15, 0.2) is 57.5 Å². The lowest BCUT2D eigenvalue weighted by molar-refractivity contribution is -0.121. The number of hydrogen-bond donors (Lipinski definition) is 2. The molecule has 2 N–H and O–H groups in total. The largest absolute Gasteiger partial charge is 0.325 e. The Kier molecular flexibility index (Phi) is 7.01. The molecule has 3 rings (SSSR count). The van der Waals surface area contributed by atoms with Crippen LogP contribution in [0.25, 0.3) is 0 Å². The lowest BCUT2D eigenvalue weighted by Gasteiger charge is -2.25. The van der Waals surface area contributed by atoms with Gasteiger partial charge in [-0.25, -0.2) is 0 Å². The highest BCUT2D eigenvalue weighted by atomic mass is 79.9. The van der Waals surface area contributed by atoms with Crippen molar-refractivity contribution in [3.8, 4) is 6.07 Å². The van der Waals surface area contributed by atoms with Crippen molar-refractivity contribution in [3.05, 3.63) is 73.7 Å². The van der Waals surface area contributed by atoms with Crippen LogP contribution < -0.4 is 10.6 Å². The van der Waals surface area contributed by atoms with Gasteiger partial charge >= 0.3 is 0 Å². The van der Waals surface area contributed by atoms with E-state index in [1.54, 1.807) is 12.1 Å². The number of allylic oxidation sites excluding steroid dienone is 1. The summed E-state index contributed by atoms with van der Waals surface area (Å²) in [6.07, 6.45) is 0.192. The van der Waals surface area contributed by atoms with Crippen LogP contribution in [0.4, 0.5) is 5.69 Å². The number of carbonyl (C=O) groups is 2. The van der Waals surface area contributed by atoms with Crippen molar-refractivity contribution in [2.45, 2.75) is 19.3 Å². The molecule has 0 fully saturated rings. The molecular weight excluding hydrogens is 474 g/mol. The molecule has 5 nitrogen and oxygen atoms in total. The Balaban J connectivity index is 1.75. The molecule has 0 spiro atoms. The molecule has 0 unspecified atom stereocenters. The zero-order chi connectivity index (χ0) is 21.0. The van der Waals surface area contributed by atoms with Gasteiger partial charge in [0.15, 0.2) is 0 Å². The minimum absolute atomic E-state index is 0.0531. The molecule has 1 heterocycles. The number of aryl methyl sites for hydroxylation is 1. The van der Waals surface area contributed by atoms with Gasteiger partial charge in [0.05, 0.1) is 22.4 Å². The molecule has 0 aromatic heterocycles. The van der Waals surface area contributed by atoms with Gasteiger partial charge in [0.2, 0.25) is 11.8 Å². The molecule has 0 bridgehead atoms. The second kappa shape index (κ2) is 9.49. The van der Waals surface area contributed by atoms with Crippen molar-refractivity contribution in [3.63, 3.8) is 0 Å². The van der Waals surface area contributed by atoms with Gasteiger partial charge in [-0.3, -0.25) is 9.59 Å². The van der Waals surface area contributed by atoms with Gasteiger partial charge in [0.1, 0.15) is 0 Å². The zero-order valence-electron chi connectivity index (χ0n) is 15.5. The van der Waals surface area contributed by atoms with E-state index in [-0.39, 0.29) is 29.9 Å². The van der Waals surface area contributed by atoms with Crippen LogP contribution in [0.1, 0.15) is 23.5 Å². The molecule has 1 aliphatic rings. The smallest absolute Gasteiger partial charge is 0.234 e. The fourth-order valence-corrected chi connectivity index (χ4v) is 4.42. The van der Waals surface area contributed by atoms with Crippen LogP contribution in [0.5, 0.6) is 0 Å². The summed E-state index contributed by atoms with van der Waals surface area (Å²) < 4.78 is 0.878. The Bertz CT molecular complexity index is 1050. The molecular formula is C21H17BrClN3O2S. The fraction of sp³-hybridized carbons (Fsp3) is 0.190. The molecule has 2 aromatic rings. The van der Waals surface area contributed by atoms with Crippen LogP contribution in [0.3, 0.4) is 0 Å². The number of nitriles is 1. The van der Waals surface area contributed by atoms with E-state index in [2.05, 4.69) is 32.6 Å². The number of anilines is 1. The highest BCUT2D eigenvalue weighted by molar-refractivity contribution is 9.10. The Hall–Kier alpha value is -2.27. The van der Waals surface area contributed by atoms with Gasteiger partial charge in [-0.1, -0.05) is 57.5 Å². The van der Waals surface area contributed by atoms with E-state index in [0.29, 0.717) is 21.3 Å². The van der Waals surface area contributed by atoms with Crippen molar-refractivity contribution < 1.29 is 9.59 Å². The van der Waals surface area contributed by atoms with Crippen LogP contribution in [-0.4, -0.2) is 17.6 Å². The normalized spacial score (nSPS) is 16.2. The molecule has 0 saturated carbocycles. The number of carbonyl (C=O) groups excluding carboxylic acids is 2. The van der Waals surface area contributed by atoms with E-state index in [1.807, 2.05) is 37.3 Å². The molecule has 148 valence electrons. The first-order valence-electron chi connectivity index (χ1n) is 8.75. The summed E-state index contributed by atoms with van der Waals surface area (Å²) in [6, 6.07) is 15.0. The average Bonchev–Trinajstić information content (AvgIpc) is 2.68. The predicted molar refractivity (Wildman–Crippen MR) is 120 cm³/mol. The number of nitrogens with one attached hydrogen (secondary N) is 2. The first kappa shape index (κ1) is 21.4. The maximum Gasteiger partial charge on any atom is 0.234 e. The molecule has 2 aromatic carbocycles. The van der Waals surface area contributed by atoms with E-state index < -0.39 is 0 Å². The van der Waals surface area contributed by atoms with E-state index in [4.69, 9.17) is 11.6 Å². The third-order valence-corrected chi connectivity index (χ3v) is 6.33. The van der Waals surface area contributed by atoms with Gasteiger partial charge in [0, 0.05) is 27.5 Å². The minimum atomic E-state index is -0.340. The van der Waals surface area contributed by atoms with Crippen molar-refractivity contribution >= 4 is 56.8 Å². The maximum absolute atomic E-state index is 12.3. The summed E-state index contributed by atoms with van der Waals surface area (Å²) in [7, 11) is 0. The van der Waals surface area contributed by atoms with E-state index in [9.17, 15) is 14.9 Å². The Morgan fingerprint density at radius 1 is 1.38 bits per heavy atom. The fourth-order valence-electron chi connectivity index (χ4n) is 2.95. The van der Waals surface area contributed by atoms with Crippen LogP contribution in [-0.2, 0) is 9.59 Å². The first-order chi connectivity index (χ1) is 13.9. The number of amides is 2. The van der Waals surface area contributed by atoms with Gasteiger partial charge < -0.3 is 10.6 Å². The summed E-state index contributed by atoms with van der Waals surface area (Å²) in [5, 5.41) is 16.2. The summed E-state index contributed by atoms with van der Waals surface area (Å²) in [5.74, 6) is -0.717. The van der Waals surface area contributed by atoms with Crippen molar-refractivity contribution in [2.75, 3.05) is 11.1 Å². The van der Waals surface area contributed by atoms with Gasteiger partial charge in [-0.05, 0) is 42.3 Å².